The fourth-order valence-corrected chi connectivity index (χ4v) is 5.61. The Balaban J connectivity index is 2.07. The van der Waals surface area contributed by atoms with Crippen molar-refractivity contribution in [1.82, 2.24) is 0 Å². The van der Waals surface area contributed by atoms with Crippen LogP contribution in [0.4, 0.5) is 8.78 Å². The molecular weight excluding hydrogens is 298 g/mol. The summed E-state index contributed by atoms with van der Waals surface area (Å²) < 4.78 is 72.2. The molecule has 2 saturated carbocycles. The van der Waals surface area contributed by atoms with Gasteiger partial charge in [-0.05, 0) is 37.0 Å². The lowest BCUT2D eigenvalue weighted by Crippen LogP contribution is -2.35. The van der Waals surface area contributed by atoms with Gasteiger partial charge in [0.1, 0.15) is 0 Å². The Morgan fingerprint density at radius 2 is 1.58 bits per heavy atom. The van der Waals surface area contributed by atoms with Gasteiger partial charge in [0.05, 0.1) is 5.25 Å². The van der Waals surface area contributed by atoms with Crippen LogP contribution in [-0.2, 0) is 19.7 Å². The molecule has 8 heteroatoms. The molecule has 112 valence electrons. The quantitative estimate of drug-likeness (QED) is 0.788. The molecule has 4 nitrogen and oxygen atoms in total. The summed E-state index contributed by atoms with van der Waals surface area (Å²) in [6.07, 6.45) is 2.46. The SMILES string of the molecule is CS(=O)(=O)C1CC2CC1CC2CC(F)(F)S(C)(=O)=O. The van der Waals surface area contributed by atoms with Crippen molar-refractivity contribution in [1.29, 1.82) is 0 Å². The van der Waals surface area contributed by atoms with Crippen LogP contribution in [0.2, 0.25) is 0 Å². The highest BCUT2D eigenvalue weighted by Gasteiger charge is 2.53. The predicted octanol–water partition coefficient (Wildman–Crippen LogP) is 1.47. The topological polar surface area (TPSA) is 68.3 Å². The Morgan fingerprint density at radius 1 is 1.00 bits per heavy atom. The predicted molar refractivity (Wildman–Crippen MR) is 67.4 cm³/mol. The van der Waals surface area contributed by atoms with E-state index in [0.29, 0.717) is 25.5 Å². The third-order valence-corrected chi connectivity index (χ3v) is 7.46. The molecule has 4 atom stereocenters. The van der Waals surface area contributed by atoms with Crippen molar-refractivity contribution in [2.45, 2.75) is 36.2 Å². The minimum Gasteiger partial charge on any atom is -0.229 e. The lowest BCUT2D eigenvalue weighted by atomic mass is 9.86. The fourth-order valence-electron chi connectivity index (χ4n) is 3.57. The largest absolute Gasteiger partial charge is 0.345 e. The van der Waals surface area contributed by atoms with E-state index in [0.717, 1.165) is 0 Å². The summed E-state index contributed by atoms with van der Waals surface area (Å²) in [5.41, 5.74) is 0. The maximum absolute atomic E-state index is 13.5. The third kappa shape index (κ3) is 2.79. The molecule has 0 saturated heterocycles. The van der Waals surface area contributed by atoms with E-state index in [1.165, 1.54) is 6.26 Å². The molecule has 0 N–H and O–H groups in total. The third-order valence-electron chi connectivity index (χ3n) is 4.53. The monoisotopic (exact) mass is 316 g/mol. The van der Waals surface area contributed by atoms with Crippen LogP contribution in [0.5, 0.6) is 0 Å². The number of rotatable bonds is 4. The fraction of sp³-hybridized carbons (Fsp3) is 1.00. The van der Waals surface area contributed by atoms with Gasteiger partial charge in [0.2, 0.25) is 9.84 Å². The smallest absolute Gasteiger partial charge is 0.229 e. The molecule has 0 amide bonds. The lowest BCUT2D eigenvalue weighted by molar-refractivity contribution is 0.0520. The lowest BCUT2D eigenvalue weighted by Gasteiger charge is -2.29. The molecule has 0 aromatic carbocycles. The highest BCUT2D eigenvalue weighted by molar-refractivity contribution is 7.91. The Morgan fingerprint density at radius 3 is 1.95 bits per heavy atom. The van der Waals surface area contributed by atoms with Crippen molar-refractivity contribution in [2.24, 2.45) is 17.8 Å². The molecule has 0 aliphatic heterocycles. The first kappa shape index (κ1) is 15.2. The van der Waals surface area contributed by atoms with Crippen LogP contribution in [0.25, 0.3) is 0 Å². The van der Waals surface area contributed by atoms with E-state index >= 15 is 0 Å². The minimum atomic E-state index is -4.40. The number of hydrogen-bond donors (Lipinski definition) is 0. The second-order valence-corrected chi connectivity index (χ2v) is 10.4. The summed E-state index contributed by atoms with van der Waals surface area (Å²) in [4.78, 5) is 0. The van der Waals surface area contributed by atoms with Crippen molar-refractivity contribution in [2.75, 3.05) is 12.5 Å². The van der Waals surface area contributed by atoms with E-state index in [9.17, 15) is 25.6 Å². The van der Waals surface area contributed by atoms with Crippen LogP contribution in [0.15, 0.2) is 0 Å². The van der Waals surface area contributed by atoms with E-state index < -0.39 is 36.6 Å². The second-order valence-electron chi connectivity index (χ2n) is 5.97. The number of sulfone groups is 2. The van der Waals surface area contributed by atoms with E-state index in [2.05, 4.69) is 0 Å². The molecular formula is C11H18F2O4S2. The summed E-state index contributed by atoms with van der Waals surface area (Å²) >= 11 is 0. The molecule has 2 rings (SSSR count). The molecule has 19 heavy (non-hydrogen) atoms. The average Bonchev–Trinajstić information content (AvgIpc) is 2.72. The number of fused-ring (bicyclic) bond motifs is 2. The zero-order valence-electron chi connectivity index (χ0n) is 10.8. The van der Waals surface area contributed by atoms with Gasteiger partial charge >= 0.3 is 5.25 Å². The van der Waals surface area contributed by atoms with Crippen LogP contribution >= 0.6 is 0 Å². The zero-order chi connectivity index (χ0) is 14.6. The van der Waals surface area contributed by atoms with Gasteiger partial charge < -0.3 is 0 Å². The van der Waals surface area contributed by atoms with Crippen LogP contribution in [0, 0.1) is 17.8 Å². The maximum Gasteiger partial charge on any atom is 0.345 e. The summed E-state index contributed by atoms with van der Waals surface area (Å²) in [5, 5.41) is -4.14. The van der Waals surface area contributed by atoms with Crippen molar-refractivity contribution in [3.63, 3.8) is 0 Å². The van der Waals surface area contributed by atoms with Gasteiger partial charge in [-0.25, -0.2) is 16.8 Å². The van der Waals surface area contributed by atoms with E-state index in [1.54, 1.807) is 0 Å². The van der Waals surface area contributed by atoms with E-state index in [1.807, 2.05) is 0 Å². The second kappa shape index (κ2) is 4.38. The summed E-state index contributed by atoms with van der Waals surface area (Å²) in [7, 11) is -7.53. The van der Waals surface area contributed by atoms with Crippen molar-refractivity contribution >= 4 is 19.7 Å². The van der Waals surface area contributed by atoms with Crippen molar-refractivity contribution < 1.29 is 25.6 Å². The van der Waals surface area contributed by atoms with Crippen LogP contribution < -0.4 is 0 Å². The molecule has 0 aromatic rings. The van der Waals surface area contributed by atoms with Gasteiger partial charge in [-0.1, -0.05) is 0 Å². The van der Waals surface area contributed by atoms with Crippen LogP contribution in [-0.4, -0.2) is 39.9 Å². The first-order valence-corrected chi connectivity index (χ1v) is 10.0. The number of halogens is 2. The van der Waals surface area contributed by atoms with E-state index in [-0.39, 0.29) is 17.8 Å². The molecule has 2 aliphatic carbocycles. The van der Waals surface area contributed by atoms with Crippen LogP contribution in [0.3, 0.4) is 0 Å². The molecule has 2 fully saturated rings. The first-order chi connectivity index (χ1) is 8.42. The summed E-state index contributed by atoms with van der Waals surface area (Å²) in [5.74, 6) is -0.551. The number of alkyl halides is 2. The molecule has 0 heterocycles. The number of hydrogen-bond acceptors (Lipinski definition) is 4. The van der Waals surface area contributed by atoms with Gasteiger partial charge in [0, 0.05) is 18.9 Å². The highest BCUT2D eigenvalue weighted by Crippen LogP contribution is 2.53. The normalized spacial score (nSPS) is 35.8. The van der Waals surface area contributed by atoms with Gasteiger partial charge in [-0.15, -0.1) is 0 Å². The van der Waals surface area contributed by atoms with Gasteiger partial charge in [0.25, 0.3) is 0 Å². The van der Waals surface area contributed by atoms with Crippen molar-refractivity contribution in [3.05, 3.63) is 0 Å². The maximum atomic E-state index is 13.5. The molecule has 4 unspecified atom stereocenters. The summed E-state index contributed by atoms with van der Waals surface area (Å²) in [6.45, 7) is 0. The minimum absolute atomic E-state index is 0.0830. The highest BCUT2D eigenvalue weighted by atomic mass is 32.2. The average molecular weight is 316 g/mol. The van der Waals surface area contributed by atoms with Gasteiger partial charge in [-0.2, -0.15) is 8.78 Å². The zero-order valence-corrected chi connectivity index (χ0v) is 12.5. The Hall–Kier alpha value is -0.240. The molecule has 2 bridgehead atoms. The Bertz CT molecular complexity index is 568. The Labute approximate surface area is 112 Å². The molecule has 0 aromatic heterocycles. The Kier molecular flexibility index (Phi) is 3.49. The van der Waals surface area contributed by atoms with Crippen molar-refractivity contribution in [3.8, 4) is 0 Å². The molecule has 0 radical (unpaired) electrons. The van der Waals surface area contributed by atoms with E-state index in [4.69, 9.17) is 0 Å². The first-order valence-electron chi connectivity index (χ1n) is 6.18. The summed E-state index contributed by atoms with van der Waals surface area (Å²) in [6, 6.07) is 0. The van der Waals surface area contributed by atoms with Gasteiger partial charge in [-0.3, -0.25) is 0 Å². The molecule has 0 spiro atoms. The van der Waals surface area contributed by atoms with Gasteiger partial charge in [0.15, 0.2) is 9.84 Å². The van der Waals surface area contributed by atoms with Crippen LogP contribution in [0.1, 0.15) is 25.7 Å². The standard InChI is InChI=1S/C11H18F2O4S2/c1-18(14,15)10-5-7-3-8(10)4-9(7)6-11(12,13)19(2,16)17/h7-10H,3-6H2,1-2H3. The molecule has 2 aliphatic rings.